The van der Waals surface area contributed by atoms with Gasteiger partial charge in [0.1, 0.15) is 5.54 Å². The van der Waals surface area contributed by atoms with Gasteiger partial charge in [0.25, 0.3) is 5.91 Å². The minimum absolute atomic E-state index is 0.0905. The van der Waals surface area contributed by atoms with Crippen molar-refractivity contribution in [1.82, 2.24) is 36.0 Å². The molecule has 1 aliphatic rings. The summed E-state index contributed by atoms with van der Waals surface area (Å²) in [6.07, 6.45) is 0.341. The Morgan fingerprint density at radius 2 is 1.91 bits per heavy atom. The molecule has 2 N–H and O–H groups in total. The first kappa shape index (κ1) is 22.5. The first-order valence-electron chi connectivity index (χ1n) is 10.4. The molecule has 0 radical (unpaired) electrons. The van der Waals surface area contributed by atoms with Crippen LogP contribution in [0.3, 0.4) is 0 Å². The number of nitrogens with zero attached hydrogens (tertiary/aromatic N) is 5. The number of hydrogen-bond donors (Lipinski definition) is 2. The molecule has 2 heterocycles. The van der Waals surface area contributed by atoms with Crippen molar-refractivity contribution in [3.05, 3.63) is 65.2 Å². The van der Waals surface area contributed by atoms with Crippen LogP contribution in [0.5, 0.6) is 0 Å². The number of aromatic nitrogens is 4. The van der Waals surface area contributed by atoms with Crippen LogP contribution in [0.1, 0.15) is 30.0 Å². The first-order chi connectivity index (χ1) is 15.9. The van der Waals surface area contributed by atoms with E-state index in [0.717, 1.165) is 33.6 Å². The summed E-state index contributed by atoms with van der Waals surface area (Å²) in [5.41, 5.74) is 4.76. The van der Waals surface area contributed by atoms with E-state index in [0.29, 0.717) is 17.1 Å². The topological polar surface area (TPSA) is 122 Å². The van der Waals surface area contributed by atoms with Gasteiger partial charge in [0.2, 0.25) is 11.1 Å². The number of carbonyl (C=O) groups excluding carboxylic acids is 3. The number of tetrazole rings is 1. The fraction of sp³-hybridized carbons (Fsp3) is 0.273. The molecule has 0 aliphatic carbocycles. The second-order valence-electron chi connectivity index (χ2n) is 7.68. The Hall–Kier alpha value is -3.73. The Morgan fingerprint density at radius 3 is 2.61 bits per heavy atom. The van der Waals surface area contributed by atoms with Gasteiger partial charge in [0.05, 0.1) is 11.4 Å². The SMILES string of the molecule is CCC1(c2ccccc2)NC(=O)N(NC(=O)CSc2nnnn2-c2ccc(C)cc2C)C1=O. The molecule has 4 amide bonds. The largest absolute Gasteiger partial charge is 0.344 e. The minimum atomic E-state index is -1.22. The first-order valence-corrected chi connectivity index (χ1v) is 11.3. The van der Waals surface area contributed by atoms with Gasteiger partial charge in [0, 0.05) is 0 Å². The van der Waals surface area contributed by atoms with E-state index in [-0.39, 0.29) is 5.75 Å². The van der Waals surface area contributed by atoms with Crippen LogP contribution in [0.4, 0.5) is 4.79 Å². The Kier molecular flexibility index (Phi) is 6.14. The summed E-state index contributed by atoms with van der Waals surface area (Å²) in [6.45, 7) is 5.76. The molecule has 10 nitrogen and oxygen atoms in total. The monoisotopic (exact) mass is 465 g/mol. The van der Waals surface area contributed by atoms with E-state index in [9.17, 15) is 14.4 Å². The molecule has 2 aromatic carbocycles. The van der Waals surface area contributed by atoms with Gasteiger partial charge in [-0.15, -0.1) is 5.10 Å². The van der Waals surface area contributed by atoms with E-state index in [2.05, 4.69) is 26.3 Å². The molecule has 11 heteroatoms. The number of imide groups is 1. The zero-order valence-electron chi connectivity index (χ0n) is 18.4. The summed E-state index contributed by atoms with van der Waals surface area (Å²) in [5, 5.41) is 15.6. The highest BCUT2D eigenvalue weighted by molar-refractivity contribution is 7.99. The van der Waals surface area contributed by atoms with Crippen molar-refractivity contribution >= 4 is 29.6 Å². The van der Waals surface area contributed by atoms with Crippen molar-refractivity contribution in [2.24, 2.45) is 0 Å². The Labute approximate surface area is 194 Å². The Morgan fingerprint density at radius 1 is 1.15 bits per heavy atom. The summed E-state index contributed by atoms with van der Waals surface area (Å²) >= 11 is 1.10. The number of aryl methyl sites for hydroxylation is 2. The number of hydrazine groups is 1. The number of thioether (sulfide) groups is 1. The Bertz CT molecular complexity index is 1210. The van der Waals surface area contributed by atoms with Crippen molar-refractivity contribution in [3.8, 4) is 5.69 Å². The molecule has 1 fully saturated rings. The summed E-state index contributed by atoms with van der Waals surface area (Å²) in [4.78, 5) is 38.3. The van der Waals surface area contributed by atoms with Crippen LogP contribution in [0, 0.1) is 13.8 Å². The predicted octanol–water partition coefficient (Wildman–Crippen LogP) is 2.26. The third-order valence-electron chi connectivity index (χ3n) is 5.48. The van der Waals surface area contributed by atoms with E-state index in [1.54, 1.807) is 35.9 Å². The standard InChI is InChI=1S/C22H23N7O3S/c1-4-22(16-8-6-5-7-9-16)19(31)29(20(32)23-22)25-18(30)13-33-21-24-26-27-28(21)17-11-10-14(2)12-15(17)3/h5-12H,4,13H2,1-3H3,(H,23,32)(H,25,30). The lowest BCUT2D eigenvalue weighted by atomic mass is 9.87. The smallest absolute Gasteiger partial charge is 0.318 e. The highest BCUT2D eigenvalue weighted by Crippen LogP contribution is 2.31. The van der Waals surface area contributed by atoms with Crippen LogP contribution < -0.4 is 10.7 Å². The number of rotatable bonds is 7. The van der Waals surface area contributed by atoms with Crippen LogP contribution in [-0.2, 0) is 15.1 Å². The maximum Gasteiger partial charge on any atom is 0.344 e. The maximum absolute atomic E-state index is 13.1. The minimum Gasteiger partial charge on any atom is -0.318 e. The summed E-state index contributed by atoms with van der Waals surface area (Å²) in [6, 6.07) is 14.2. The van der Waals surface area contributed by atoms with E-state index < -0.39 is 23.4 Å². The molecule has 0 saturated carbocycles. The van der Waals surface area contributed by atoms with Gasteiger partial charge in [0.15, 0.2) is 0 Å². The van der Waals surface area contributed by atoms with E-state index in [1.165, 1.54) is 0 Å². The van der Waals surface area contributed by atoms with Gasteiger partial charge >= 0.3 is 6.03 Å². The number of nitrogens with one attached hydrogen (secondary N) is 2. The van der Waals surface area contributed by atoms with Crippen molar-refractivity contribution in [1.29, 1.82) is 0 Å². The molecule has 1 unspecified atom stereocenters. The molecule has 4 rings (SSSR count). The molecule has 170 valence electrons. The second-order valence-corrected chi connectivity index (χ2v) is 8.62. The average Bonchev–Trinajstić information content (AvgIpc) is 3.36. The van der Waals surface area contributed by atoms with Gasteiger partial charge in [-0.3, -0.25) is 15.0 Å². The van der Waals surface area contributed by atoms with Gasteiger partial charge in [-0.05, 0) is 47.9 Å². The summed E-state index contributed by atoms with van der Waals surface area (Å²) in [5.74, 6) is -1.15. The zero-order valence-corrected chi connectivity index (χ0v) is 19.2. The fourth-order valence-electron chi connectivity index (χ4n) is 3.79. The quantitative estimate of drug-likeness (QED) is 0.405. The maximum atomic E-state index is 13.1. The van der Waals surface area contributed by atoms with Crippen molar-refractivity contribution in [2.75, 3.05) is 5.75 Å². The molecular formula is C22H23N7O3S. The molecule has 1 saturated heterocycles. The third-order valence-corrected chi connectivity index (χ3v) is 6.40. The van der Waals surface area contributed by atoms with Crippen molar-refractivity contribution in [3.63, 3.8) is 0 Å². The van der Waals surface area contributed by atoms with Crippen LogP contribution in [0.25, 0.3) is 5.69 Å². The zero-order chi connectivity index (χ0) is 23.6. The second kappa shape index (κ2) is 9.02. The molecule has 1 aromatic heterocycles. The van der Waals surface area contributed by atoms with Crippen molar-refractivity contribution < 1.29 is 14.4 Å². The van der Waals surface area contributed by atoms with Crippen LogP contribution in [0.2, 0.25) is 0 Å². The van der Waals surface area contributed by atoms with E-state index in [4.69, 9.17) is 0 Å². The Balaban J connectivity index is 1.45. The van der Waals surface area contributed by atoms with Crippen molar-refractivity contribution in [2.45, 2.75) is 37.9 Å². The lowest BCUT2D eigenvalue weighted by Gasteiger charge is -2.25. The van der Waals surface area contributed by atoms with Crippen LogP contribution in [-0.4, -0.2) is 48.8 Å². The lowest BCUT2D eigenvalue weighted by molar-refractivity contribution is -0.138. The normalized spacial score (nSPS) is 17.8. The molecular weight excluding hydrogens is 442 g/mol. The molecule has 33 heavy (non-hydrogen) atoms. The number of carbonyl (C=O) groups is 3. The highest BCUT2D eigenvalue weighted by Gasteiger charge is 2.52. The third kappa shape index (κ3) is 4.19. The predicted molar refractivity (Wildman–Crippen MR) is 121 cm³/mol. The molecule has 3 aromatic rings. The van der Waals surface area contributed by atoms with Gasteiger partial charge in [-0.2, -0.15) is 9.69 Å². The highest BCUT2D eigenvalue weighted by atomic mass is 32.2. The van der Waals surface area contributed by atoms with E-state index in [1.807, 2.05) is 38.1 Å². The number of urea groups is 1. The summed E-state index contributed by atoms with van der Waals surface area (Å²) < 4.78 is 1.55. The molecule has 0 spiro atoms. The van der Waals surface area contributed by atoms with Crippen LogP contribution >= 0.6 is 11.8 Å². The van der Waals surface area contributed by atoms with Crippen LogP contribution in [0.15, 0.2) is 53.7 Å². The number of benzene rings is 2. The van der Waals surface area contributed by atoms with E-state index >= 15 is 0 Å². The van der Waals surface area contributed by atoms with Gasteiger partial charge in [-0.25, -0.2) is 4.79 Å². The molecule has 0 bridgehead atoms. The number of amides is 4. The fourth-order valence-corrected chi connectivity index (χ4v) is 4.46. The van der Waals surface area contributed by atoms with Gasteiger partial charge in [-0.1, -0.05) is 66.7 Å². The molecule has 1 atom stereocenters. The lowest BCUT2D eigenvalue weighted by Crippen LogP contribution is -2.49. The average molecular weight is 466 g/mol. The summed E-state index contributed by atoms with van der Waals surface area (Å²) in [7, 11) is 0. The van der Waals surface area contributed by atoms with Gasteiger partial charge < -0.3 is 5.32 Å². The molecule has 1 aliphatic heterocycles. The number of hydrogen-bond acceptors (Lipinski definition) is 7.